The van der Waals surface area contributed by atoms with Crippen LogP contribution in [0, 0.1) is 0 Å². The topological polar surface area (TPSA) is 108 Å². The van der Waals surface area contributed by atoms with Gasteiger partial charge in [0.15, 0.2) is 6.29 Å². The Kier molecular flexibility index (Phi) is 15.7. The molecule has 5 atom stereocenters. The van der Waals surface area contributed by atoms with Gasteiger partial charge in [0.25, 0.3) is 0 Å². The Hall–Kier alpha value is -5.17. The highest BCUT2D eigenvalue weighted by Gasteiger charge is 2.49. The van der Waals surface area contributed by atoms with Gasteiger partial charge in [-0.3, -0.25) is 0 Å². The summed E-state index contributed by atoms with van der Waals surface area (Å²) in [5.74, 6) is 0.780. The Bertz CT molecular complexity index is 2060. The number of hydrogen-bond donors (Lipinski definition) is 1. The number of aromatic nitrogens is 2. The average molecular weight is 812 g/mol. The van der Waals surface area contributed by atoms with Crippen LogP contribution in [-0.2, 0) is 53.8 Å². The minimum absolute atomic E-state index is 0.166. The molecule has 10 nitrogen and oxygen atoms in total. The first-order valence-corrected chi connectivity index (χ1v) is 20.8. The first-order chi connectivity index (χ1) is 29.6. The number of rotatable bonds is 22. The lowest BCUT2D eigenvalue weighted by Gasteiger charge is -2.45. The monoisotopic (exact) mass is 811 g/mol. The van der Waals surface area contributed by atoms with E-state index in [9.17, 15) is 0 Å². The number of unbranched alkanes of at least 4 members (excludes halogenated alkanes) is 2. The van der Waals surface area contributed by atoms with Gasteiger partial charge < -0.3 is 43.5 Å². The van der Waals surface area contributed by atoms with Gasteiger partial charge in [0, 0.05) is 19.9 Å². The maximum atomic E-state index is 6.99. The molecule has 0 unspecified atom stereocenters. The molecule has 314 valence electrons. The van der Waals surface area contributed by atoms with Crippen LogP contribution in [0.1, 0.15) is 52.8 Å². The molecule has 1 aliphatic heterocycles. The lowest BCUT2D eigenvalue weighted by molar-refractivity contribution is -0.323. The van der Waals surface area contributed by atoms with Crippen LogP contribution >= 0.6 is 0 Å². The zero-order valence-electron chi connectivity index (χ0n) is 34.6. The summed E-state index contributed by atoms with van der Waals surface area (Å²) >= 11 is 0. The Morgan fingerprint density at radius 1 is 0.617 bits per heavy atom. The SMILES string of the molecule is COc1ccc(C(c2ccccc2)(c2ccccc2)n2cnc(CO[C@@H]3[C@@H](OCc4ccccc4)[C@H](OC)O[C@H](COCCCCCN)[C@H]3OCc3ccccc3)c2)cc1. The van der Waals surface area contributed by atoms with Gasteiger partial charge in [0.05, 0.1) is 45.6 Å². The lowest BCUT2D eigenvalue weighted by atomic mass is 9.76. The molecule has 0 spiro atoms. The number of imidazole rings is 1. The first-order valence-electron chi connectivity index (χ1n) is 20.8. The van der Waals surface area contributed by atoms with Crippen molar-refractivity contribution in [3.63, 3.8) is 0 Å². The van der Waals surface area contributed by atoms with Crippen molar-refractivity contribution in [3.8, 4) is 5.75 Å². The van der Waals surface area contributed by atoms with Gasteiger partial charge in [0.2, 0.25) is 0 Å². The molecule has 5 aromatic carbocycles. The van der Waals surface area contributed by atoms with Crippen molar-refractivity contribution < 1.29 is 33.2 Å². The maximum absolute atomic E-state index is 6.99. The van der Waals surface area contributed by atoms with E-state index in [1.807, 2.05) is 91.3 Å². The smallest absolute Gasteiger partial charge is 0.186 e. The summed E-state index contributed by atoms with van der Waals surface area (Å²) in [5, 5.41) is 0. The number of ether oxygens (including phenoxy) is 7. The summed E-state index contributed by atoms with van der Waals surface area (Å²) in [6.45, 7) is 2.38. The highest BCUT2D eigenvalue weighted by molar-refractivity contribution is 5.51. The third kappa shape index (κ3) is 10.4. The van der Waals surface area contributed by atoms with E-state index in [1.165, 1.54) is 0 Å². The quantitative estimate of drug-likeness (QED) is 0.0535. The standard InChI is InChI=1S/C50H57N3O7/c1-54-44-28-26-42(27-29-44)50(40-22-12-5-13-23-40,41-24-14-6-15-25-41)53-32-43(52-37-53)35-59-47-46(57-33-38-18-8-3-9-19-38)45(36-56-31-17-7-16-30-51)60-49(55-2)48(47)58-34-39-20-10-4-11-21-39/h3-6,8-15,18-29,32,37,45-49H,7,16-17,30-31,33-36,51H2,1-2H3/t45-,46-,47+,48-,49-/m1/s1. The zero-order chi connectivity index (χ0) is 41.4. The second-order valence-corrected chi connectivity index (χ2v) is 14.9. The van der Waals surface area contributed by atoms with E-state index in [0.717, 1.165) is 58.5 Å². The summed E-state index contributed by atoms with van der Waals surface area (Å²) < 4.78 is 47.1. The molecule has 1 saturated heterocycles. The van der Waals surface area contributed by atoms with Crippen LogP contribution in [0.2, 0.25) is 0 Å². The Balaban J connectivity index is 1.23. The van der Waals surface area contributed by atoms with Crippen molar-refractivity contribution in [3.05, 3.63) is 192 Å². The number of nitrogens with zero attached hydrogens (tertiary/aromatic N) is 2. The third-order valence-corrected chi connectivity index (χ3v) is 11.0. The second kappa shape index (κ2) is 21.9. The van der Waals surface area contributed by atoms with Crippen molar-refractivity contribution in [2.45, 2.75) is 75.3 Å². The molecule has 2 heterocycles. The molecule has 0 saturated carbocycles. The number of nitrogens with two attached hydrogens (primary N) is 1. The maximum Gasteiger partial charge on any atom is 0.186 e. The van der Waals surface area contributed by atoms with E-state index < -0.39 is 36.2 Å². The fourth-order valence-corrected chi connectivity index (χ4v) is 7.97. The molecule has 0 amide bonds. The van der Waals surface area contributed by atoms with Crippen LogP contribution in [0.5, 0.6) is 5.75 Å². The minimum atomic E-state index is -0.769. The van der Waals surface area contributed by atoms with Gasteiger partial charge in [-0.15, -0.1) is 0 Å². The summed E-state index contributed by atoms with van der Waals surface area (Å²) in [6, 6.07) is 49.4. The molecule has 0 aliphatic carbocycles. The van der Waals surface area contributed by atoms with E-state index in [2.05, 4.69) is 71.4 Å². The summed E-state index contributed by atoms with van der Waals surface area (Å²) in [7, 11) is 3.31. The van der Waals surface area contributed by atoms with Crippen molar-refractivity contribution in [1.82, 2.24) is 9.55 Å². The fraction of sp³-hybridized carbons (Fsp3) is 0.340. The van der Waals surface area contributed by atoms with Gasteiger partial charge in [-0.25, -0.2) is 4.98 Å². The molecular weight excluding hydrogens is 755 g/mol. The van der Waals surface area contributed by atoms with Crippen molar-refractivity contribution in [2.24, 2.45) is 5.73 Å². The van der Waals surface area contributed by atoms with Crippen LogP contribution in [0.15, 0.2) is 158 Å². The normalized spacial score (nSPS) is 19.3. The van der Waals surface area contributed by atoms with E-state index >= 15 is 0 Å². The highest BCUT2D eigenvalue weighted by Crippen LogP contribution is 2.41. The largest absolute Gasteiger partial charge is 0.497 e. The molecule has 0 bridgehead atoms. The first kappa shape index (κ1) is 42.9. The van der Waals surface area contributed by atoms with Crippen LogP contribution in [0.4, 0.5) is 0 Å². The average Bonchev–Trinajstić information content (AvgIpc) is 3.79. The van der Waals surface area contributed by atoms with Gasteiger partial charge in [-0.05, 0) is 65.8 Å². The molecule has 2 N–H and O–H groups in total. The molecule has 6 aromatic rings. The van der Waals surface area contributed by atoms with Crippen LogP contribution in [-0.4, -0.2) is 74.2 Å². The predicted octanol–water partition coefficient (Wildman–Crippen LogP) is 8.30. The van der Waals surface area contributed by atoms with E-state index in [1.54, 1.807) is 14.2 Å². The number of benzene rings is 5. The summed E-state index contributed by atoms with van der Waals surface area (Å²) in [5.41, 5.74) is 11.0. The summed E-state index contributed by atoms with van der Waals surface area (Å²) in [4.78, 5) is 4.99. The van der Waals surface area contributed by atoms with E-state index in [-0.39, 0.29) is 6.61 Å². The molecule has 1 aromatic heterocycles. The fourth-order valence-electron chi connectivity index (χ4n) is 7.97. The number of hydrogen-bond acceptors (Lipinski definition) is 9. The van der Waals surface area contributed by atoms with Gasteiger partial charge in [0.1, 0.15) is 35.7 Å². The highest BCUT2D eigenvalue weighted by atomic mass is 16.7. The molecule has 0 radical (unpaired) electrons. The Morgan fingerprint density at radius 2 is 1.17 bits per heavy atom. The third-order valence-electron chi connectivity index (χ3n) is 11.0. The van der Waals surface area contributed by atoms with Crippen molar-refractivity contribution in [1.29, 1.82) is 0 Å². The van der Waals surface area contributed by atoms with E-state index in [4.69, 9.17) is 43.9 Å². The van der Waals surface area contributed by atoms with Crippen molar-refractivity contribution >= 4 is 0 Å². The Morgan fingerprint density at radius 3 is 1.73 bits per heavy atom. The van der Waals surface area contributed by atoms with Crippen LogP contribution < -0.4 is 10.5 Å². The molecular formula is C50H57N3O7. The molecule has 1 aliphatic rings. The minimum Gasteiger partial charge on any atom is -0.497 e. The molecule has 1 fully saturated rings. The van der Waals surface area contributed by atoms with Crippen LogP contribution in [0.3, 0.4) is 0 Å². The predicted molar refractivity (Wildman–Crippen MR) is 231 cm³/mol. The molecule has 10 heteroatoms. The molecule has 60 heavy (non-hydrogen) atoms. The van der Waals surface area contributed by atoms with Gasteiger partial charge in [-0.2, -0.15) is 0 Å². The van der Waals surface area contributed by atoms with Gasteiger partial charge in [-0.1, -0.05) is 133 Å². The van der Waals surface area contributed by atoms with Crippen molar-refractivity contribution in [2.75, 3.05) is 34.0 Å². The van der Waals surface area contributed by atoms with E-state index in [0.29, 0.717) is 33.0 Å². The van der Waals surface area contributed by atoms with Crippen LogP contribution in [0.25, 0.3) is 0 Å². The second-order valence-electron chi connectivity index (χ2n) is 14.9. The Labute approximate surface area is 354 Å². The number of methoxy groups -OCH3 is 2. The summed E-state index contributed by atoms with van der Waals surface area (Å²) in [6.07, 6.45) is 3.72. The zero-order valence-corrected chi connectivity index (χ0v) is 34.6. The molecule has 7 rings (SSSR count). The lowest BCUT2D eigenvalue weighted by Crippen LogP contribution is -2.61. The van der Waals surface area contributed by atoms with Gasteiger partial charge >= 0.3 is 0 Å².